The number of Topliss-reactive ketones (excluding diaryl/α,β-unsaturated/α-hetero) is 1. The molecule has 4 amide bonds. The molecule has 0 aliphatic heterocycles. The van der Waals surface area contributed by atoms with Crippen molar-refractivity contribution in [3.05, 3.63) is 29.8 Å². The summed E-state index contributed by atoms with van der Waals surface area (Å²) in [5, 5.41) is 17.1. The van der Waals surface area contributed by atoms with E-state index in [-0.39, 0.29) is 37.2 Å². The van der Waals surface area contributed by atoms with Gasteiger partial charge >= 0.3 is 12.1 Å². The maximum absolute atomic E-state index is 13.1. The molecule has 0 saturated heterocycles. The number of nitrogens with one attached hydrogen (secondary N) is 3. The lowest BCUT2D eigenvalue weighted by atomic mass is 9.89. The first-order valence-electron chi connectivity index (χ1n) is 11.4. The van der Waals surface area contributed by atoms with Gasteiger partial charge in [0, 0.05) is 24.6 Å². The van der Waals surface area contributed by atoms with Crippen molar-refractivity contribution in [1.82, 2.24) is 10.6 Å². The summed E-state index contributed by atoms with van der Waals surface area (Å²) in [5.41, 5.74) is 5.61. The molecule has 10 nitrogen and oxygen atoms in total. The summed E-state index contributed by atoms with van der Waals surface area (Å²) >= 11 is 0. The first kappa shape index (κ1) is 28.9. The Balaban J connectivity index is 2.92. The van der Waals surface area contributed by atoms with Gasteiger partial charge in [-0.25, -0.2) is 9.59 Å². The van der Waals surface area contributed by atoms with Crippen molar-refractivity contribution in [2.45, 2.75) is 72.1 Å². The normalized spacial score (nSPS) is 13.0. The highest BCUT2D eigenvalue weighted by Gasteiger charge is 2.30. The Bertz CT molecular complexity index is 833. The molecule has 190 valence electrons. The van der Waals surface area contributed by atoms with Gasteiger partial charge in [0.15, 0.2) is 5.78 Å². The fourth-order valence-electron chi connectivity index (χ4n) is 3.25. The minimum atomic E-state index is -0.822. The molecule has 2 atom stereocenters. The fraction of sp³-hybridized carbons (Fsp3) is 0.583. The van der Waals surface area contributed by atoms with Crippen LogP contribution < -0.4 is 21.7 Å². The number of hydrogen-bond acceptors (Lipinski definition) is 6. The number of urea groups is 1. The summed E-state index contributed by atoms with van der Waals surface area (Å²) in [4.78, 5) is 49.3. The van der Waals surface area contributed by atoms with Crippen LogP contribution in [-0.4, -0.2) is 47.1 Å². The van der Waals surface area contributed by atoms with Crippen LogP contribution in [0.15, 0.2) is 24.3 Å². The predicted molar refractivity (Wildman–Crippen MR) is 129 cm³/mol. The first-order chi connectivity index (χ1) is 15.8. The summed E-state index contributed by atoms with van der Waals surface area (Å²) < 4.78 is 5.27. The highest BCUT2D eigenvalue weighted by molar-refractivity contribution is 5.97. The van der Waals surface area contributed by atoms with Crippen LogP contribution in [0, 0.1) is 11.8 Å². The topological polar surface area (TPSA) is 160 Å². The summed E-state index contributed by atoms with van der Waals surface area (Å²) in [6, 6.07) is 5.22. The second kappa shape index (κ2) is 13.5. The van der Waals surface area contributed by atoms with E-state index in [0.29, 0.717) is 24.1 Å². The van der Waals surface area contributed by atoms with E-state index in [1.165, 1.54) is 0 Å². The number of nitrogens with two attached hydrogens (primary N) is 1. The SMILES string of the molecule is CC(C)[C@H](NC(=O)OC(C)(C)C)C(=O)C[C@@H](CCCNC(N)=O)C(=O)Nc1ccc(CO)cc1. The largest absolute Gasteiger partial charge is 0.444 e. The van der Waals surface area contributed by atoms with Crippen LogP contribution >= 0.6 is 0 Å². The molecule has 0 spiro atoms. The molecule has 1 aromatic carbocycles. The van der Waals surface area contributed by atoms with Crippen LogP contribution in [0.4, 0.5) is 15.3 Å². The number of rotatable bonds is 12. The zero-order valence-electron chi connectivity index (χ0n) is 20.6. The number of primary amides is 1. The van der Waals surface area contributed by atoms with Gasteiger partial charge in [0.25, 0.3) is 0 Å². The molecule has 1 rings (SSSR count). The van der Waals surface area contributed by atoms with E-state index in [1.807, 2.05) is 0 Å². The third kappa shape index (κ3) is 11.1. The van der Waals surface area contributed by atoms with Crippen LogP contribution in [0.5, 0.6) is 0 Å². The van der Waals surface area contributed by atoms with Gasteiger partial charge in [0.1, 0.15) is 5.60 Å². The van der Waals surface area contributed by atoms with E-state index in [1.54, 1.807) is 58.9 Å². The zero-order valence-corrected chi connectivity index (χ0v) is 20.6. The number of hydrogen-bond donors (Lipinski definition) is 5. The number of anilines is 1. The van der Waals surface area contributed by atoms with E-state index in [4.69, 9.17) is 10.5 Å². The lowest BCUT2D eigenvalue weighted by Gasteiger charge is -2.26. The van der Waals surface area contributed by atoms with Crippen molar-refractivity contribution < 1.29 is 29.0 Å². The van der Waals surface area contributed by atoms with Gasteiger partial charge in [0.05, 0.1) is 12.6 Å². The standard InChI is InChI=1S/C24H38N4O6/c1-15(2)20(28-23(33)34-24(3,4)5)19(30)13-17(7-6-12-26-22(25)32)21(31)27-18-10-8-16(14-29)9-11-18/h8-11,15,17,20,29H,6-7,12-14H2,1-5H3,(H,27,31)(H,28,33)(H3,25,26,32)/t17-,20+/m1/s1. The minimum Gasteiger partial charge on any atom is -0.444 e. The molecule has 0 bridgehead atoms. The van der Waals surface area contributed by atoms with Crippen molar-refractivity contribution in [1.29, 1.82) is 0 Å². The highest BCUT2D eigenvalue weighted by atomic mass is 16.6. The molecule has 0 fully saturated rings. The molecular formula is C24H38N4O6. The van der Waals surface area contributed by atoms with Gasteiger partial charge in [-0.2, -0.15) is 0 Å². The van der Waals surface area contributed by atoms with E-state index >= 15 is 0 Å². The number of ketones is 1. The van der Waals surface area contributed by atoms with E-state index in [0.717, 1.165) is 0 Å². The van der Waals surface area contributed by atoms with Crippen LogP contribution in [0.25, 0.3) is 0 Å². The minimum absolute atomic E-state index is 0.101. The zero-order chi connectivity index (χ0) is 25.9. The number of ether oxygens (including phenoxy) is 1. The van der Waals surface area contributed by atoms with Gasteiger partial charge in [-0.3, -0.25) is 9.59 Å². The first-order valence-corrected chi connectivity index (χ1v) is 11.4. The predicted octanol–water partition coefficient (Wildman–Crippen LogP) is 2.69. The van der Waals surface area contributed by atoms with Crippen molar-refractivity contribution in [2.24, 2.45) is 17.6 Å². The molecule has 0 aliphatic carbocycles. The Morgan fingerprint density at radius 3 is 2.21 bits per heavy atom. The molecule has 10 heteroatoms. The van der Waals surface area contributed by atoms with E-state index in [2.05, 4.69) is 16.0 Å². The van der Waals surface area contributed by atoms with Gasteiger partial charge < -0.3 is 31.5 Å². The molecule has 0 heterocycles. The lowest BCUT2D eigenvalue weighted by molar-refractivity contribution is -0.128. The third-order valence-electron chi connectivity index (χ3n) is 4.94. The van der Waals surface area contributed by atoms with Crippen LogP contribution in [0.2, 0.25) is 0 Å². The molecule has 0 aromatic heterocycles. The summed E-state index contributed by atoms with van der Waals surface area (Å²) in [7, 11) is 0. The maximum atomic E-state index is 13.1. The number of benzene rings is 1. The van der Waals surface area contributed by atoms with Gasteiger partial charge in [0.2, 0.25) is 5.91 Å². The van der Waals surface area contributed by atoms with Crippen LogP contribution in [-0.2, 0) is 20.9 Å². The Labute approximate surface area is 201 Å². The molecule has 6 N–H and O–H groups in total. The summed E-state index contributed by atoms with van der Waals surface area (Å²) in [5.74, 6) is -1.56. The molecule has 0 radical (unpaired) electrons. The number of amides is 4. The maximum Gasteiger partial charge on any atom is 0.408 e. The number of alkyl carbamates (subject to hydrolysis) is 1. The lowest BCUT2D eigenvalue weighted by Crippen LogP contribution is -2.47. The quantitative estimate of drug-likeness (QED) is 0.290. The molecule has 0 aliphatic rings. The molecule has 34 heavy (non-hydrogen) atoms. The highest BCUT2D eigenvalue weighted by Crippen LogP contribution is 2.19. The van der Waals surface area contributed by atoms with Gasteiger partial charge in [-0.05, 0) is 57.2 Å². The average Bonchev–Trinajstić information content (AvgIpc) is 2.72. The molecule has 1 aromatic rings. The van der Waals surface area contributed by atoms with Gasteiger partial charge in [-0.15, -0.1) is 0 Å². The van der Waals surface area contributed by atoms with Crippen molar-refractivity contribution in [3.8, 4) is 0 Å². The second-order valence-corrected chi connectivity index (χ2v) is 9.51. The number of carbonyl (C=O) groups excluding carboxylic acids is 4. The molecule has 0 unspecified atom stereocenters. The number of aliphatic hydroxyl groups excluding tert-OH is 1. The smallest absolute Gasteiger partial charge is 0.408 e. The van der Waals surface area contributed by atoms with Gasteiger partial charge in [-0.1, -0.05) is 26.0 Å². The average molecular weight is 479 g/mol. The Morgan fingerprint density at radius 1 is 1.09 bits per heavy atom. The molecular weight excluding hydrogens is 440 g/mol. The van der Waals surface area contributed by atoms with Crippen LogP contribution in [0.1, 0.15) is 59.4 Å². The fourth-order valence-corrected chi connectivity index (χ4v) is 3.25. The number of carbonyl (C=O) groups is 4. The van der Waals surface area contributed by atoms with E-state index < -0.39 is 29.7 Å². The Morgan fingerprint density at radius 2 is 1.71 bits per heavy atom. The van der Waals surface area contributed by atoms with Crippen molar-refractivity contribution >= 4 is 29.5 Å². The molecule has 0 saturated carbocycles. The monoisotopic (exact) mass is 478 g/mol. The van der Waals surface area contributed by atoms with Crippen LogP contribution in [0.3, 0.4) is 0 Å². The third-order valence-corrected chi connectivity index (χ3v) is 4.94. The van der Waals surface area contributed by atoms with E-state index in [9.17, 15) is 24.3 Å². The number of aliphatic hydroxyl groups is 1. The van der Waals surface area contributed by atoms with Crippen molar-refractivity contribution in [2.75, 3.05) is 11.9 Å². The Hall–Kier alpha value is -3.14. The Kier molecular flexibility index (Phi) is 11.5. The summed E-state index contributed by atoms with van der Waals surface area (Å²) in [6.45, 7) is 8.94. The second-order valence-electron chi connectivity index (χ2n) is 9.51. The van der Waals surface area contributed by atoms with Crippen molar-refractivity contribution in [3.63, 3.8) is 0 Å². The summed E-state index contributed by atoms with van der Waals surface area (Å²) in [6.07, 6.45) is -0.0430.